The normalized spacial score (nSPS) is 12.5. The van der Waals surface area contributed by atoms with Crippen LogP contribution < -0.4 is 0 Å². The van der Waals surface area contributed by atoms with Gasteiger partial charge in [0.15, 0.2) is 0 Å². The highest BCUT2D eigenvalue weighted by atomic mass is 16.3. The number of nitrogens with zero attached hydrogens (tertiary/aromatic N) is 1. The zero-order chi connectivity index (χ0) is 13.2. The summed E-state index contributed by atoms with van der Waals surface area (Å²) >= 11 is 0. The average molecular weight is 247 g/mol. The summed E-state index contributed by atoms with van der Waals surface area (Å²) < 4.78 is 5.54. The zero-order valence-corrected chi connectivity index (χ0v) is 11.3. The van der Waals surface area contributed by atoms with Gasteiger partial charge in [-0.3, -0.25) is 4.90 Å². The van der Waals surface area contributed by atoms with Crippen LogP contribution >= 0.6 is 0 Å². The van der Waals surface area contributed by atoms with E-state index in [2.05, 4.69) is 17.9 Å². The molecule has 0 aliphatic heterocycles. The number of para-hydroxylation sites is 1. The third kappa shape index (κ3) is 3.12. The zero-order valence-electron chi connectivity index (χ0n) is 11.3. The van der Waals surface area contributed by atoms with Crippen LogP contribution in [0.4, 0.5) is 0 Å². The molecule has 0 atom stereocenters. The first kappa shape index (κ1) is 13.1. The lowest BCUT2D eigenvalue weighted by atomic mass is 10.1. The van der Waals surface area contributed by atoms with Crippen molar-refractivity contribution in [3.8, 4) is 0 Å². The van der Waals surface area contributed by atoms with Crippen LogP contribution in [-0.2, 0) is 6.54 Å². The third-order valence-corrected chi connectivity index (χ3v) is 3.01. The summed E-state index contributed by atoms with van der Waals surface area (Å²) in [7, 11) is 0. The number of aliphatic hydroxyl groups is 1. The van der Waals surface area contributed by atoms with Crippen molar-refractivity contribution in [3.63, 3.8) is 0 Å². The summed E-state index contributed by atoms with van der Waals surface area (Å²) in [5.74, 6) is 0. The molecule has 1 heterocycles. The van der Waals surface area contributed by atoms with E-state index in [9.17, 15) is 5.11 Å². The van der Waals surface area contributed by atoms with Crippen molar-refractivity contribution in [3.05, 3.63) is 36.1 Å². The minimum Gasteiger partial charge on any atom is -0.464 e. The van der Waals surface area contributed by atoms with E-state index >= 15 is 0 Å². The van der Waals surface area contributed by atoms with Gasteiger partial charge in [-0.2, -0.15) is 0 Å². The Morgan fingerprint density at radius 2 is 2.00 bits per heavy atom. The number of furan rings is 1. The van der Waals surface area contributed by atoms with Crippen LogP contribution in [0.2, 0.25) is 0 Å². The van der Waals surface area contributed by atoms with Gasteiger partial charge in [0.2, 0.25) is 0 Å². The Balaban J connectivity index is 2.17. The molecule has 0 aliphatic carbocycles. The van der Waals surface area contributed by atoms with Gasteiger partial charge in [-0.1, -0.05) is 25.1 Å². The molecule has 3 heteroatoms. The van der Waals surface area contributed by atoms with E-state index in [1.165, 1.54) is 5.56 Å². The smallest absolute Gasteiger partial charge is 0.134 e. The third-order valence-electron chi connectivity index (χ3n) is 3.01. The van der Waals surface area contributed by atoms with Gasteiger partial charge in [-0.25, -0.2) is 0 Å². The molecule has 1 N–H and O–H groups in total. The van der Waals surface area contributed by atoms with Crippen molar-refractivity contribution in [2.75, 3.05) is 13.1 Å². The molecule has 0 amide bonds. The molecule has 0 radical (unpaired) electrons. The van der Waals surface area contributed by atoms with Gasteiger partial charge in [0.05, 0.1) is 11.9 Å². The van der Waals surface area contributed by atoms with Crippen LogP contribution in [-0.4, -0.2) is 28.7 Å². The standard InChI is InChI=1S/C15H21NO2/c1-4-16(11-15(2,3)17)9-12-10-18-14-8-6-5-7-13(12)14/h5-8,10,17H,4,9,11H2,1-3H3. The fourth-order valence-electron chi connectivity index (χ4n) is 2.22. The minimum absolute atomic E-state index is 0.656. The topological polar surface area (TPSA) is 36.6 Å². The second-order valence-electron chi connectivity index (χ2n) is 5.37. The highest BCUT2D eigenvalue weighted by molar-refractivity contribution is 5.80. The Bertz CT molecular complexity index is 510. The van der Waals surface area contributed by atoms with Crippen molar-refractivity contribution < 1.29 is 9.52 Å². The van der Waals surface area contributed by atoms with E-state index in [0.717, 1.165) is 24.1 Å². The monoisotopic (exact) mass is 247 g/mol. The van der Waals surface area contributed by atoms with Crippen molar-refractivity contribution in [2.24, 2.45) is 0 Å². The number of benzene rings is 1. The summed E-state index contributed by atoms with van der Waals surface area (Å²) in [4.78, 5) is 2.22. The number of hydrogen-bond acceptors (Lipinski definition) is 3. The highest BCUT2D eigenvalue weighted by Gasteiger charge is 2.18. The summed E-state index contributed by atoms with van der Waals surface area (Å²) in [6.07, 6.45) is 1.82. The first-order valence-corrected chi connectivity index (χ1v) is 6.39. The van der Waals surface area contributed by atoms with E-state index in [1.54, 1.807) is 0 Å². The number of hydrogen-bond donors (Lipinski definition) is 1. The molecule has 2 rings (SSSR count). The molecule has 0 aliphatic rings. The molecular formula is C15H21NO2. The van der Waals surface area contributed by atoms with Gasteiger partial charge < -0.3 is 9.52 Å². The molecule has 2 aromatic rings. The molecule has 18 heavy (non-hydrogen) atoms. The van der Waals surface area contributed by atoms with Crippen molar-refractivity contribution in [1.29, 1.82) is 0 Å². The van der Waals surface area contributed by atoms with Gasteiger partial charge in [0.1, 0.15) is 5.58 Å². The maximum atomic E-state index is 9.90. The van der Waals surface area contributed by atoms with Crippen LogP contribution in [0, 0.1) is 0 Å². The Labute approximate surface area is 108 Å². The molecular weight excluding hydrogens is 226 g/mol. The van der Waals surface area contributed by atoms with Crippen LogP contribution in [0.25, 0.3) is 11.0 Å². The summed E-state index contributed by atoms with van der Waals surface area (Å²) in [5, 5.41) is 11.1. The molecule has 0 fully saturated rings. The Morgan fingerprint density at radius 1 is 1.28 bits per heavy atom. The number of fused-ring (bicyclic) bond motifs is 1. The molecule has 0 saturated carbocycles. The second kappa shape index (κ2) is 5.12. The SMILES string of the molecule is CCN(Cc1coc2ccccc12)CC(C)(C)O. The molecule has 0 bridgehead atoms. The van der Waals surface area contributed by atoms with Crippen LogP contribution in [0.5, 0.6) is 0 Å². The lowest BCUT2D eigenvalue weighted by Crippen LogP contribution is -2.38. The lowest BCUT2D eigenvalue weighted by molar-refractivity contribution is 0.0354. The molecule has 1 aromatic heterocycles. The van der Waals surface area contributed by atoms with E-state index in [1.807, 2.05) is 38.3 Å². The van der Waals surface area contributed by atoms with E-state index < -0.39 is 5.60 Å². The first-order chi connectivity index (χ1) is 8.49. The first-order valence-electron chi connectivity index (χ1n) is 6.39. The maximum Gasteiger partial charge on any atom is 0.134 e. The maximum absolute atomic E-state index is 9.90. The Morgan fingerprint density at radius 3 is 2.67 bits per heavy atom. The fourth-order valence-corrected chi connectivity index (χ4v) is 2.22. The van der Waals surface area contributed by atoms with E-state index in [-0.39, 0.29) is 0 Å². The Kier molecular flexibility index (Phi) is 3.73. The van der Waals surface area contributed by atoms with Crippen molar-refractivity contribution in [1.82, 2.24) is 4.90 Å². The molecule has 0 spiro atoms. The molecule has 0 unspecified atom stereocenters. The van der Waals surface area contributed by atoms with Crippen LogP contribution in [0.1, 0.15) is 26.3 Å². The van der Waals surface area contributed by atoms with Gasteiger partial charge in [-0.15, -0.1) is 0 Å². The molecule has 98 valence electrons. The highest BCUT2D eigenvalue weighted by Crippen LogP contribution is 2.22. The molecule has 0 saturated heterocycles. The number of rotatable bonds is 5. The van der Waals surface area contributed by atoms with E-state index in [0.29, 0.717) is 6.54 Å². The van der Waals surface area contributed by atoms with Crippen molar-refractivity contribution >= 4 is 11.0 Å². The summed E-state index contributed by atoms with van der Waals surface area (Å²) in [6.45, 7) is 8.14. The fraction of sp³-hybridized carbons (Fsp3) is 0.467. The van der Waals surface area contributed by atoms with Crippen molar-refractivity contribution in [2.45, 2.75) is 32.9 Å². The average Bonchev–Trinajstić information content (AvgIpc) is 2.70. The largest absolute Gasteiger partial charge is 0.464 e. The predicted octanol–water partition coefficient (Wildman–Crippen LogP) is 3.03. The van der Waals surface area contributed by atoms with Gasteiger partial charge in [0, 0.05) is 24.0 Å². The van der Waals surface area contributed by atoms with Gasteiger partial charge >= 0.3 is 0 Å². The number of likely N-dealkylation sites (N-methyl/N-ethyl adjacent to an activating group) is 1. The summed E-state index contributed by atoms with van der Waals surface area (Å²) in [5.41, 5.74) is 1.43. The Hall–Kier alpha value is -1.32. The minimum atomic E-state index is -0.671. The van der Waals surface area contributed by atoms with E-state index in [4.69, 9.17) is 4.42 Å². The lowest BCUT2D eigenvalue weighted by Gasteiger charge is -2.27. The van der Waals surface area contributed by atoms with Crippen LogP contribution in [0.3, 0.4) is 0 Å². The molecule has 1 aromatic carbocycles. The second-order valence-corrected chi connectivity index (χ2v) is 5.37. The van der Waals surface area contributed by atoms with Gasteiger partial charge in [-0.05, 0) is 26.5 Å². The molecule has 3 nitrogen and oxygen atoms in total. The quantitative estimate of drug-likeness (QED) is 0.882. The van der Waals surface area contributed by atoms with Gasteiger partial charge in [0.25, 0.3) is 0 Å². The predicted molar refractivity (Wildman–Crippen MR) is 73.5 cm³/mol. The summed E-state index contributed by atoms with van der Waals surface area (Å²) in [6, 6.07) is 8.05. The van der Waals surface area contributed by atoms with Crippen LogP contribution in [0.15, 0.2) is 34.9 Å².